The van der Waals surface area contributed by atoms with Crippen LogP contribution in [0.4, 0.5) is 5.69 Å². The number of halogens is 1. The van der Waals surface area contributed by atoms with Crippen molar-refractivity contribution in [2.24, 2.45) is 0 Å². The molecule has 2 rings (SSSR count). The second kappa shape index (κ2) is 9.38. The summed E-state index contributed by atoms with van der Waals surface area (Å²) in [5.41, 5.74) is 2.78. The topological polar surface area (TPSA) is 64.6 Å². The van der Waals surface area contributed by atoms with Crippen LogP contribution in [-0.2, 0) is 14.3 Å². The Morgan fingerprint density at radius 3 is 2.54 bits per heavy atom. The van der Waals surface area contributed by atoms with Gasteiger partial charge in [-0.05, 0) is 72.1 Å². The molecule has 6 heteroatoms. The van der Waals surface area contributed by atoms with Crippen molar-refractivity contribution in [3.8, 4) is 5.75 Å². The van der Waals surface area contributed by atoms with Crippen LogP contribution in [0.1, 0.15) is 24.5 Å². The first-order valence-electron chi connectivity index (χ1n) is 8.31. The lowest BCUT2D eigenvalue weighted by Gasteiger charge is -2.15. The van der Waals surface area contributed by atoms with Crippen LogP contribution in [0.15, 0.2) is 46.9 Å². The van der Waals surface area contributed by atoms with Gasteiger partial charge in [-0.15, -0.1) is 0 Å². The van der Waals surface area contributed by atoms with E-state index in [4.69, 9.17) is 9.47 Å². The number of aryl methyl sites for hydroxylation is 2. The van der Waals surface area contributed by atoms with Crippen molar-refractivity contribution >= 4 is 33.5 Å². The number of carbonyl (C=O) groups is 2. The molecule has 0 unspecified atom stereocenters. The Morgan fingerprint density at radius 2 is 1.85 bits per heavy atom. The Balaban J connectivity index is 1.77. The van der Waals surface area contributed by atoms with Gasteiger partial charge >= 0.3 is 5.97 Å². The molecule has 5 nitrogen and oxygen atoms in total. The van der Waals surface area contributed by atoms with Crippen LogP contribution in [0.25, 0.3) is 0 Å². The first-order valence-corrected chi connectivity index (χ1v) is 9.10. The number of rotatable bonds is 7. The number of hydrogen-bond donors (Lipinski definition) is 1. The van der Waals surface area contributed by atoms with Gasteiger partial charge in [0.05, 0.1) is 18.7 Å². The predicted octanol–water partition coefficient (Wildman–Crippen LogP) is 4.41. The summed E-state index contributed by atoms with van der Waals surface area (Å²) in [7, 11) is 0. The van der Waals surface area contributed by atoms with Crippen molar-refractivity contribution in [3.63, 3.8) is 0 Å². The fourth-order valence-corrected chi connectivity index (χ4v) is 2.82. The molecule has 0 bridgehead atoms. The number of anilines is 1. The lowest BCUT2D eigenvalue weighted by molar-refractivity contribution is -0.153. The van der Waals surface area contributed by atoms with E-state index in [2.05, 4.69) is 21.2 Å². The van der Waals surface area contributed by atoms with Gasteiger partial charge in [-0.2, -0.15) is 0 Å². The van der Waals surface area contributed by atoms with Gasteiger partial charge in [0, 0.05) is 4.47 Å². The highest BCUT2D eigenvalue weighted by molar-refractivity contribution is 9.10. The number of esters is 1. The zero-order chi connectivity index (χ0) is 19.1. The average molecular weight is 420 g/mol. The average Bonchev–Trinajstić information content (AvgIpc) is 2.57. The molecule has 0 aliphatic heterocycles. The van der Waals surface area contributed by atoms with Gasteiger partial charge < -0.3 is 14.8 Å². The molecule has 0 saturated carbocycles. The number of ether oxygens (including phenoxy) is 2. The number of benzene rings is 2. The molecule has 1 N–H and O–H groups in total. The lowest BCUT2D eigenvalue weighted by Crippen LogP contribution is -2.30. The quantitative estimate of drug-likeness (QED) is 0.675. The number of carbonyl (C=O) groups excluding carboxylic acids is 2. The van der Waals surface area contributed by atoms with Gasteiger partial charge in [-0.3, -0.25) is 9.59 Å². The monoisotopic (exact) mass is 419 g/mol. The smallest absolute Gasteiger partial charge is 0.310 e. The van der Waals surface area contributed by atoms with Gasteiger partial charge in [-0.1, -0.05) is 18.2 Å². The van der Waals surface area contributed by atoms with Gasteiger partial charge in [0.15, 0.2) is 6.10 Å². The summed E-state index contributed by atoms with van der Waals surface area (Å²) in [4.78, 5) is 24.1. The molecule has 0 saturated heterocycles. The minimum absolute atomic E-state index is 0.0692. The van der Waals surface area contributed by atoms with E-state index in [9.17, 15) is 9.59 Å². The number of amides is 1. The van der Waals surface area contributed by atoms with Gasteiger partial charge in [-0.25, -0.2) is 0 Å². The molecule has 138 valence electrons. The summed E-state index contributed by atoms with van der Waals surface area (Å²) in [6.07, 6.45) is -0.825. The zero-order valence-corrected chi connectivity index (χ0v) is 16.6. The summed E-state index contributed by atoms with van der Waals surface area (Å²) >= 11 is 3.40. The minimum Gasteiger partial charge on any atom is -0.493 e. The molecule has 0 heterocycles. The Kier molecular flexibility index (Phi) is 7.21. The molecule has 1 atom stereocenters. The highest BCUT2D eigenvalue weighted by Gasteiger charge is 2.18. The van der Waals surface area contributed by atoms with Crippen molar-refractivity contribution in [1.82, 2.24) is 0 Å². The van der Waals surface area contributed by atoms with E-state index in [1.54, 1.807) is 6.07 Å². The Labute approximate surface area is 161 Å². The molecule has 0 spiro atoms. The van der Waals surface area contributed by atoms with Crippen LogP contribution in [0.3, 0.4) is 0 Å². The number of nitrogens with one attached hydrogen (secondary N) is 1. The molecule has 0 fully saturated rings. The maximum Gasteiger partial charge on any atom is 0.310 e. The third-order valence-corrected chi connectivity index (χ3v) is 4.28. The molecular formula is C20H22BrNO4. The third-order valence-electron chi connectivity index (χ3n) is 3.62. The SMILES string of the molecule is Cc1cccc(OCCC(=O)O[C@@H](C)C(=O)Nc2ccc(C)cc2Br)c1. The van der Waals surface area contributed by atoms with Crippen molar-refractivity contribution < 1.29 is 19.1 Å². The molecule has 0 aromatic heterocycles. The van der Waals surface area contributed by atoms with Crippen LogP contribution >= 0.6 is 15.9 Å². The summed E-state index contributed by atoms with van der Waals surface area (Å²) in [6, 6.07) is 13.2. The molecule has 2 aromatic rings. The molecule has 26 heavy (non-hydrogen) atoms. The number of hydrogen-bond acceptors (Lipinski definition) is 4. The Morgan fingerprint density at radius 1 is 1.12 bits per heavy atom. The van der Waals surface area contributed by atoms with E-state index in [-0.39, 0.29) is 18.9 Å². The van der Waals surface area contributed by atoms with Crippen LogP contribution in [0, 0.1) is 13.8 Å². The van der Waals surface area contributed by atoms with E-state index in [0.29, 0.717) is 11.4 Å². The third kappa shape index (κ3) is 6.19. The Hall–Kier alpha value is -2.34. The van der Waals surface area contributed by atoms with E-state index >= 15 is 0 Å². The Bertz CT molecular complexity index is 791. The van der Waals surface area contributed by atoms with Crippen LogP contribution in [0.5, 0.6) is 5.75 Å². The van der Waals surface area contributed by atoms with Crippen molar-refractivity contribution in [1.29, 1.82) is 0 Å². The molecule has 0 aliphatic carbocycles. The first kappa shape index (κ1) is 20.0. The predicted molar refractivity (Wildman–Crippen MR) is 104 cm³/mol. The summed E-state index contributed by atoms with van der Waals surface area (Å²) in [5, 5.41) is 2.74. The maximum absolute atomic E-state index is 12.2. The van der Waals surface area contributed by atoms with Crippen molar-refractivity contribution in [3.05, 3.63) is 58.1 Å². The van der Waals surface area contributed by atoms with E-state index < -0.39 is 12.1 Å². The molecular weight excluding hydrogens is 398 g/mol. The molecule has 0 radical (unpaired) electrons. The zero-order valence-electron chi connectivity index (χ0n) is 15.0. The summed E-state index contributed by atoms with van der Waals surface area (Å²) in [6.45, 7) is 5.66. The lowest BCUT2D eigenvalue weighted by atomic mass is 10.2. The maximum atomic E-state index is 12.2. The van der Waals surface area contributed by atoms with E-state index in [1.807, 2.05) is 50.2 Å². The highest BCUT2D eigenvalue weighted by Crippen LogP contribution is 2.23. The fraction of sp³-hybridized carbons (Fsp3) is 0.300. The highest BCUT2D eigenvalue weighted by atomic mass is 79.9. The van der Waals surface area contributed by atoms with Crippen LogP contribution in [-0.4, -0.2) is 24.6 Å². The standard InChI is InChI=1S/C20H22BrNO4/c1-13-5-4-6-16(11-13)25-10-9-19(23)26-15(3)20(24)22-18-8-7-14(2)12-17(18)21/h4-8,11-12,15H,9-10H2,1-3H3,(H,22,24)/t15-/m0/s1. The molecule has 2 aromatic carbocycles. The van der Waals surface area contributed by atoms with Crippen LogP contribution < -0.4 is 10.1 Å². The van der Waals surface area contributed by atoms with Crippen molar-refractivity contribution in [2.75, 3.05) is 11.9 Å². The fourth-order valence-electron chi connectivity index (χ4n) is 2.22. The summed E-state index contributed by atoms with van der Waals surface area (Å²) < 4.78 is 11.5. The minimum atomic E-state index is -0.894. The van der Waals surface area contributed by atoms with Gasteiger partial charge in [0.2, 0.25) is 0 Å². The van der Waals surface area contributed by atoms with E-state index in [0.717, 1.165) is 15.6 Å². The first-order chi connectivity index (χ1) is 12.3. The van der Waals surface area contributed by atoms with Crippen LogP contribution in [0.2, 0.25) is 0 Å². The van der Waals surface area contributed by atoms with E-state index in [1.165, 1.54) is 6.92 Å². The molecule has 1 amide bonds. The molecule has 0 aliphatic rings. The van der Waals surface area contributed by atoms with Crippen molar-refractivity contribution in [2.45, 2.75) is 33.3 Å². The largest absolute Gasteiger partial charge is 0.493 e. The summed E-state index contributed by atoms with van der Waals surface area (Å²) in [5.74, 6) is -0.168. The normalized spacial score (nSPS) is 11.5. The van der Waals surface area contributed by atoms with Gasteiger partial charge in [0.1, 0.15) is 5.75 Å². The second-order valence-corrected chi connectivity index (χ2v) is 6.87. The second-order valence-electron chi connectivity index (χ2n) is 6.02. The van der Waals surface area contributed by atoms with Gasteiger partial charge in [0.25, 0.3) is 5.91 Å².